The molecule has 0 aliphatic carbocycles. The van der Waals surface area contributed by atoms with Crippen molar-refractivity contribution >= 4 is 27.9 Å². The van der Waals surface area contributed by atoms with Crippen LogP contribution >= 0.6 is 11.3 Å². The fourth-order valence-electron chi connectivity index (χ4n) is 3.28. The fraction of sp³-hybridized carbons (Fsp3) is 0.174. The van der Waals surface area contributed by atoms with Crippen LogP contribution in [0.1, 0.15) is 33.3 Å². The summed E-state index contributed by atoms with van der Waals surface area (Å²) in [5.41, 5.74) is 5.92. The Balaban J connectivity index is 1.83. The van der Waals surface area contributed by atoms with E-state index in [1.807, 2.05) is 37.3 Å². The maximum Gasteiger partial charge on any atom is 0.147 e. The van der Waals surface area contributed by atoms with E-state index in [9.17, 15) is 5.11 Å². The van der Waals surface area contributed by atoms with E-state index in [0.717, 1.165) is 27.2 Å². The Hall–Kier alpha value is -2.85. The van der Waals surface area contributed by atoms with Crippen molar-refractivity contribution in [1.29, 1.82) is 0 Å². The van der Waals surface area contributed by atoms with E-state index >= 15 is 0 Å². The predicted molar refractivity (Wildman–Crippen MR) is 114 cm³/mol. The second-order valence-electron chi connectivity index (χ2n) is 6.92. The highest BCUT2D eigenvalue weighted by molar-refractivity contribution is 7.10. The number of aryl methyl sites for hydroxylation is 3. The minimum Gasteiger partial charge on any atom is -0.505 e. The molecule has 2 heterocycles. The molecule has 4 heteroatoms. The highest BCUT2D eigenvalue weighted by atomic mass is 32.1. The number of pyridine rings is 1. The van der Waals surface area contributed by atoms with Crippen molar-refractivity contribution in [3.8, 4) is 5.75 Å². The highest BCUT2D eigenvalue weighted by Crippen LogP contribution is 2.38. The number of benzene rings is 2. The Bertz CT molecular complexity index is 1100. The van der Waals surface area contributed by atoms with E-state index in [-0.39, 0.29) is 11.8 Å². The van der Waals surface area contributed by atoms with Gasteiger partial charge in [0.1, 0.15) is 11.3 Å². The molecule has 0 bridgehead atoms. The molecule has 0 amide bonds. The van der Waals surface area contributed by atoms with E-state index in [1.165, 1.54) is 11.1 Å². The van der Waals surface area contributed by atoms with Crippen molar-refractivity contribution < 1.29 is 5.11 Å². The second-order valence-corrected chi connectivity index (χ2v) is 7.90. The third kappa shape index (κ3) is 3.40. The SMILES string of the molecule is Cc1ccc2ccc(C(Nc3ccc(C)c(C)c3)c3cccs3)c(O)c2n1. The van der Waals surface area contributed by atoms with Crippen molar-refractivity contribution in [2.45, 2.75) is 26.8 Å². The summed E-state index contributed by atoms with van der Waals surface area (Å²) in [6, 6.07) is 18.3. The first-order valence-corrected chi connectivity index (χ1v) is 9.87. The van der Waals surface area contributed by atoms with Gasteiger partial charge in [0.15, 0.2) is 0 Å². The average Bonchev–Trinajstić information content (AvgIpc) is 3.18. The maximum absolute atomic E-state index is 11.0. The molecule has 136 valence electrons. The molecule has 0 spiro atoms. The molecule has 0 fully saturated rings. The summed E-state index contributed by atoms with van der Waals surface area (Å²) >= 11 is 1.68. The molecule has 0 aliphatic heterocycles. The number of nitrogens with one attached hydrogen (secondary N) is 1. The Morgan fingerprint density at radius 2 is 1.78 bits per heavy atom. The Morgan fingerprint density at radius 1 is 0.963 bits per heavy atom. The molecular weight excluding hydrogens is 352 g/mol. The molecule has 2 N–H and O–H groups in total. The molecular formula is C23H22N2OS. The van der Waals surface area contributed by atoms with Crippen LogP contribution in [0.2, 0.25) is 0 Å². The van der Waals surface area contributed by atoms with Gasteiger partial charge in [0.05, 0.1) is 6.04 Å². The number of aromatic nitrogens is 1. The lowest BCUT2D eigenvalue weighted by molar-refractivity contribution is 0.472. The molecule has 2 aromatic carbocycles. The average molecular weight is 375 g/mol. The number of rotatable bonds is 4. The monoisotopic (exact) mass is 374 g/mol. The summed E-state index contributed by atoms with van der Waals surface area (Å²) in [6.07, 6.45) is 0. The van der Waals surface area contributed by atoms with E-state index in [1.54, 1.807) is 11.3 Å². The molecule has 1 atom stereocenters. The number of anilines is 1. The van der Waals surface area contributed by atoms with Gasteiger partial charge in [-0.3, -0.25) is 0 Å². The van der Waals surface area contributed by atoms with Crippen LogP contribution in [-0.2, 0) is 0 Å². The molecule has 0 saturated heterocycles. The van der Waals surface area contributed by atoms with Gasteiger partial charge in [-0.15, -0.1) is 11.3 Å². The summed E-state index contributed by atoms with van der Waals surface area (Å²) in [6.45, 7) is 6.16. The first kappa shape index (κ1) is 17.6. The molecule has 0 aliphatic rings. The summed E-state index contributed by atoms with van der Waals surface area (Å²) in [4.78, 5) is 5.71. The molecule has 1 unspecified atom stereocenters. The Morgan fingerprint density at radius 3 is 2.52 bits per heavy atom. The number of phenols is 1. The van der Waals surface area contributed by atoms with Gasteiger partial charge in [-0.05, 0) is 61.5 Å². The molecule has 0 radical (unpaired) electrons. The highest BCUT2D eigenvalue weighted by Gasteiger charge is 2.21. The van der Waals surface area contributed by atoms with Gasteiger partial charge in [0, 0.05) is 27.2 Å². The minimum absolute atomic E-state index is 0.140. The van der Waals surface area contributed by atoms with Gasteiger partial charge in [-0.2, -0.15) is 0 Å². The molecule has 27 heavy (non-hydrogen) atoms. The maximum atomic E-state index is 11.0. The van der Waals surface area contributed by atoms with E-state index in [0.29, 0.717) is 5.52 Å². The quantitative estimate of drug-likeness (QED) is 0.452. The van der Waals surface area contributed by atoms with E-state index in [2.05, 4.69) is 53.8 Å². The fourth-order valence-corrected chi connectivity index (χ4v) is 4.07. The van der Waals surface area contributed by atoms with Gasteiger partial charge < -0.3 is 10.4 Å². The smallest absolute Gasteiger partial charge is 0.147 e. The third-order valence-corrected chi connectivity index (χ3v) is 5.90. The van der Waals surface area contributed by atoms with Crippen molar-refractivity contribution in [2.24, 2.45) is 0 Å². The lowest BCUT2D eigenvalue weighted by Crippen LogP contribution is -2.12. The number of fused-ring (bicyclic) bond motifs is 1. The van der Waals surface area contributed by atoms with Gasteiger partial charge in [0.2, 0.25) is 0 Å². The van der Waals surface area contributed by atoms with Gasteiger partial charge >= 0.3 is 0 Å². The van der Waals surface area contributed by atoms with Crippen molar-refractivity contribution in [1.82, 2.24) is 4.98 Å². The molecule has 2 aromatic heterocycles. The van der Waals surface area contributed by atoms with Crippen LogP contribution in [0.5, 0.6) is 5.75 Å². The van der Waals surface area contributed by atoms with Crippen LogP contribution in [0.25, 0.3) is 10.9 Å². The largest absolute Gasteiger partial charge is 0.505 e. The predicted octanol–water partition coefficient (Wildman–Crippen LogP) is 6.13. The minimum atomic E-state index is -0.140. The number of thiophene rings is 1. The topological polar surface area (TPSA) is 45.1 Å². The lowest BCUT2D eigenvalue weighted by atomic mass is 10.0. The zero-order valence-electron chi connectivity index (χ0n) is 15.7. The van der Waals surface area contributed by atoms with Gasteiger partial charge in [-0.1, -0.05) is 30.3 Å². The zero-order chi connectivity index (χ0) is 19.0. The molecule has 4 rings (SSSR count). The first-order chi connectivity index (χ1) is 13.0. The van der Waals surface area contributed by atoms with Crippen molar-refractivity contribution in [3.05, 3.63) is 87.2 Å². The van der Waals surface area contributed by atoms with Crippen LogP contribution in [-0.4, -0.2) is 10.1 Å². The number of hydrogen-bond donors (Lipinski definition) is 2. The summed E-state index contributed by atoms with van der Waals surface area (Å²) < 4.78 is 0. The number of aromatic hydroxyl groups is 1. The summed E-state index contributed by atoms with van der Waals surface area (Å²) in [5, 5.41) is 17.6. The number of hydrogen-bond acceptors (Lipinski definition) is 4. The van der Waals surface area contributed by atoms with E-state index < -0.39 is 0 Å². The van der Waals surface area contributed by atoms with Crippen LogP contribution in [0, 0.1) is 20.8 Å². The Labute approximate surface area is 163 Å². The second kappa shape index (κ2) is 7.05. The summed E-state index contributed by atoms with van der Waals surface area (Å²) in [7, 11) is 0. The molecule has 3 nitrogen and oxygen atoms in total. The summed E-state index contributed by atoms with van der Waals surface area (Å²) in [5.74, 6) is 0.242. The standard InChI is InChI=1S/C23H22N2OS/c1-14-6-10-18(13-15(14)2)25-22(20-5-4-12-27-20)19-11-9-17-8-7-16(3)24-21(17)23(19)26/h4-13,22,25-26H,1-3H3. The van der Waals surface area contributed by atoms with Crippen molar-refractivity contribution in [2.75, 3.05) is 5.32 Å². The van der Waals surface area contributed by atoms with Crippen LogP contribution < -0.4 is 5.32 Å². The first-order valence-electron chi connectivity index (χ1n) is 8.99. The van der Waals surface area contributed by atoms with E-state index in [4.69, 9.17) is 0 Å². The van der Waals surface area contributed by atoms with Crippen molar-refractivity contribution in [3.63, 3.8) is 0 Å². The number of phenolic OH excluding ortho intramolecular Hbond substituents is 1. The van der Waals surface area contributed by atoms with Crippen LogP contribution in [0.15, 0.2) is 60.0 Å². The van der Waals surface area contributed by atoms with Crippen LogP contribution in [0.4, 0.5) is 5.69 Å². The van der Waals surface area contributed by atoms with Gasteiger partial charge in [-0.25, -0.2) is 4.98 Å². The normalized spacial score (nSPS) is 12.3. The molecule has 4 aromatic rings. The third-order valence-electron chi connectivity index (χ3n) is 4.96. The number of nitrogens with zero attached hydrogens (tertiary/aromatic N) is 1. The lowest BCUT2D eigenvalue weighted by Gasteiger charge is -2.21. The Kier molecular flexibility index (Phi) is 4.58. The van der Waals surface area contributed by atoms with Crippen LogP contribution in [0.3, 0.4) is 0 Å². The molecule has 0 saturated carbocycles. The zero-order valence-corrected chi connectivity index (χ0v) is 16.5. The van der Waals surface area contributed by atoms with Gasteiger partial charge in [0.25, 0.3) is 0 Å².